The first-order valence-corrected chi connectivity index (χ1v) is 8.22. The van der Waals surface area contributed by atoms with Gasteiger partial charge in [0.1, 0.15) is 5.82 Å². The zero-order chi connectivity index (χ0) is 14.6. The Balaban J connectivity index is 2.02. The van der Waals surface area contributed by atoms with Gasteiger partial charge in [0.25, 0.3) is 5.91 Å². The minimum atomic E-state index is -0.134. The Kier molecular flexibility index (Phi) is 5.16. The van der Waals surface area contributed by atoms with E-state index in [0.29, 0.717) is 22.9 Å². The predicted molar refractivity (Wildman–Crippen MR) is 85.8 cm³/mol. The molecule has 6 heteroatoms. The number of carbonyl (C=O) groups excluding carboxylic acids is 1. The maximum Gasteiger partial charge on any atom is 0.253 e. The molecule has 2 rings (SSSR count). The molecule has 0 spiro atoms. The number of nitrogens with zero attached hydrogens (tertiary/aromatic N) is 1. The van der Waals surface area contributed by atoms with Gasteiger partial charge in [-0.25, -0.2) is 4.98 Å². The lowest BCUT2D eigenvalue weighted by molar-refractivity contribution is 0.0950. The molecular formula is C14H20ClN3OS. The third-order valence-corrected chi connectivity index (χ3v) is 5.22. The first kappa shape index (κ1) is 15.4. The zero-order valence-corrected chi connectivity index (χ0v) is 13.4. The van der Waals surface area contributed by atoms with Crippen LogP contribution in [-0.4, -0.2) is 34.5 Å². The lowest BCUT2D eigenvalue weighted by Crippen LogP contribution is -2.36. The SMILES string of the molecule is CCNc1cc(C(=O)NCC2(C)CCCS2)c(Cl)cn1. The Morgan fingerprint density at radius 1 is 1.60 bits per heavy atom. The van der Waals surface area contributed by atoms with E-state index in [-0.39, 0.29) is 10.7 Å². The zero-order valence-electron chi connectivity index (χ0n) is 11.8. The number of nitrogens with one attached hydrogen (secondary N) is 2. The van der Waals surface area contributed by atoms with Gasteiger partial charge in [-0.1, -0.05) is 11.6 Å². The van der Waals surface area contributed by atoms with Crippen LogP contribution < -0.4 is 10.6 Å². The van der Waals surface area contributed by atoms with Crippen molar-refractivity contribution in [3.63, 3.8) is 0 Å². The van der Waals surface area contributed by atoms with Crippen molar-refractivity contribution in [2.24, 2.45) is 0 Å². The number of halogens is 1. The molecule has 1 fully saturated rings. The topological polar surface area (TPSA) is 54.0 Å². The first-order valence-electron chi connectivity index (χ1n) is 6.86. The normalized spacial score (nSPS) is 21.8. The monoisotopic (exact) mass is 313 g/mol. The van der Waals surface area contributed by atoms with Crippen LogP contribution in [0, 0.1) is 0 Å². The molecule has 1 aromatic heterocycles. The van der Waals surface area contributed by atoms with Crippen molar-refractivity contribution in [1.29, 1.82) is 0 Å². The Hall–Kier alpha value is -0.940. The van der Waals surface area contributed by atoms with Gasteiger partial charge in [-0.3, -0.25) is 4.79 Å². The molecule has 2 N–H and O–H groups in total. The highest BCUT2D eigenvalue weighted by Crippen LogP contribution is 2.37. The molecule has 20 heavy (non-hydrogen) atoms. The van der Waals surface area contributed by atoms with E-state index in [2.05, 4.69) is 22.5 Å². The molecule has 1 atom stereocenters. The second kappa shape index (κ2) is 6.68. The molecule has 0 radical (unpaired) electrons. The van der Waals surface area contributed by atoms with E-state index in [0.717, 1.165) is 13.0 Å². The van der Waals surface area contributed by atoms with Crippen molar-refractivity contribution in [3.05, 3.63) is 22.8 Å². The van der Waals surface area contributed by atoms with E-state index in [1.165, 1.54) is 18.4 Å². The van der Waals surface area contributed by atoms with Gasteiger partial charge in [-0.05, 0) is 38.5 Å². The van der Waals surface area contributed by atoms with Crippen LogP contribution in [0.2, 0.25) is 5.02 Å². The summed E-state index contributed by atoms with van der Waals surface area (Å²) in [5, 5.41) is 6.46. The smallest absolute Gasteiger partial charge is 0.253 e. The summed E-state index contributed by atoms with van der Waals surface area (Å²) in [4.78, 5) is 16.4. The van der Waals surface area contributed by atoms with E-state index in [1.54, 1.807) is 6.07 Å². The molecule has 1 unspecified atom stereocenters. The summed E-state index contributed by atoms with van der Waals surface area (Å²) in [5.74, 6) is 1.71. The van der Waals surface area contributed by atoms with E-state index in [4.69, 9.17) is 11.6 Å². The third kappa shape index (κ3) is 3.79. The molecule has 0 saturated carbocycles. The van der Waals surface area contributed by atoms with Crippen molar-refractivity contribution in [1.82, 2.24) is 10.3 Å². The van der Waals surface area contributed by atoms with Crippen molar-refractivity contribution in [2.45, 2.75) is 31.4 Å². The number of pyridine rings is 1. The second-order valence-electron chi connectivity index (χ2n) is 5.16. The molecule has 1 aliphatic heterocycles. The van der Waals surface area contributed by atoms with Gasteiger partial charge >= 0.3 is 0 Å². The average Bonchev–Trinajstić information content (AvgIpc) is 2.86. The predicted octanol–water partition coefficient (Wildman–Crippen LogP) is 3.18. The molecule has 2 heterocycles. The number of amides is 1. The lowest BCUT2D eigenvalue weighted by atomic mass is 10.1. The van der Waals surface area contributed by atoms with Gasteiger partial charge in [0, 0.05) is 24.0 Å². The molecule has 1 amide bonds. The molecule has 0 aliphatic carbocycles. The first-order chi connectivity index (χ1) is 9.54. The maximum atomic E-state index is 12.3. The number of anilines is 1. The largest absolute Gasteiger partial charge is 0.370 e. The van der Waals surface area contributed by atoms with Gasteiger partial charge in [0.05, 0.1) is 10.6 Å². The average molecular weight is 314 g/mol. The van der Waals surface area contributed by atoms with Crippen LogP contribution in [0.5, 0.6) is 0 Å². The standard InChI is InChI=1S/C14H20ClN3OS/c1-3-16-12-7-10(11(15)8-17-12)13(19)18-9-14(2)5-4-6-20-14/h7-8H,3-6,9H2,1-2H3,(H,16,17)(H,18,19). The van der Waals surface area contributed by atoms with Crippen LogP contribution >= 0.6 is 23.4 Å². The van der Waals surface area contributed by atoms with Crippen LogP contribution in [-0.2, 0) is 0 Å². The molecule has 1 aromatic rings. The van der Waals surface area contributed by atoms with Crippen molar-refractivity contribution < 1.29 is 4.79 Å². The van der Waals surface area contributed by atoms with E-state index >= 15 is 0 Å². The lowest BCUT2D eigenvalue weighted by Gasteiger charge is -2.23. The quantitative estimate of drug-likeness (QED) is 0.876. The number of hydrogen-bond acceptors (Lipinski definition) is 4. The van der Waals surface area contributed by atoms with Crippen molar-refractivity contribution in [3.8, 4) is 0 Å². The van der Waals surface area contributed by atoms with Crippen LogP contribution in [0.4, 0.5) is 5.82 Å². The Morgan fingerprint density at radius 2 is 2.40 bits per heavy atom. The van der Waals surface area contributed by atoms with Crippen LogP contribution in [0.15, 0.2) is 12.3 Å². The molecule has 0 bridgehead atoms. The van der Waals surface area contributed by atoms with E-state index < -0.39 is 0 Å². The summed E-state index contributed by atoms with van der Waals surface area (Å²) >= 11 is 7.99. The van der Waals surface area contributed by atoms with Gasteiger partial charge in [-0.2, -0.15) is 11.8 Å². The fraction of sp³-hybridized carbons (Fsp3) is 0.571. The van der Waals surface area contributed by atoms with E-state index in [1.807, 2.05) is 18.7 Å². The van der Waals surface area contributed by atoms with Gasteiger partial charge in [-0.15, -0.1) is 0 Å². The Bertz CT molecular complexity index is 489. The number of aromatic nitrogens is 1. The van der Waals surface area contributed by atoms with Crippen molar-refractivity contribution >= 4 is 35.1 Å². The minimum Gasteiger partial charge on any atom is -0.370 e. The van der Waals surface area contributed by atoms with Crippen LogP contribution in [0.3, 0.4) is 0 Å². The molecule has 1 saturated heterocycles. The van der Waals surface area contributed by atoms with Crippen molar-refractivity contribution in [2.75, 3.05) is 24.2 Å². The van der Waals surface area contributed by atoms with Crippen LogP contribution in [0.25, 0.3) is 0 Å². The summed E-state index contributed by atoms with van der Waals surface area (Å²) in [5.41, 5.74) is 0.476. The van der Waals surface area contributed by atoms with Gasteiger partial charge in [0.15, 0.2) is 0 Å². The third-order valence-electron chi connectivity index (χ3n) is 3.38. The van der Waals surface area contributed by atoms with Gasteiger partial charge in [0.2, 0.25) is 0 Å². The summed E-state index contributed by atoms with van der Waals surface area (Å²) in [6.45, 7) is 5.60. The Morgan fingerprint density at radius 3 is 3.05 bits per heavy atom. The second-order valence-corrected chi connectivity index (χ2v) is 7.25. The highest BCUT2D eigenvalue weighted by Gasteiger charge is 2.30. The number of rotatable bonds is 5. The minimum absolute atomic E-state index is 0.134. The molecule has 0 aromatic carbocycles. The van der Waals surface area contributed by atoms with Gasteiger partial charge < -0.3 is 10.6 Å². The fourth-order valence-corrected chi connectivity index (χ4v) is 3.66. The van der Waals surface area contributed by atoms with E-state index in [9.17, 15) is 4.79 Å². The number of hydrogen-bond donors (Lipinski definition) is 2. The highest BCUT2D eigenvalue weighted by molar-refractivity contribution is 8.00. The highest BCUT2D eigenvalue weighted by atomic mass is 35.5. The fourth-order valence-electron chi connectivity index (χ4n) is 2.23. The molecule has 110 valence electrons. The summed E-state index contributed by atoms with van der Waals surface area (Å²) in [7, 11) is 0. The molecule has 4 nitrogen and oxygen atoms in total. The summed E-state index contributed by atoms with van der Waals surface area (Å²) in [6.07, 6.45) is 3.88. The maximum absolute atomic E-state index is 12.3. The van der Waals surface area contributed by atoms with Crippen LogP contribution in [0.1, 0.15) is 37.0 Å². The Labute approximate surface area is 129 Å². The molecular weight excluding hydrogens is 294 g/mol. The number of thioether (sulfide) groups is 1. The molecule has 1 aliphatic rings. The summed E-state index contributed by atoms with van der Waals surface area (Å²) in [6, 6.07) is 1.70. The summed E-state index contributed by atoms with van der Waals surface area (Å²) < 4.78 is 0.152. The number of carbonyl (C=O) groups is 1.